The van der Waals surface area contributed by atoms with Crippen LogP contribution in [0.1, 0.15) is 33.3 Å². The molecule has 9 nitrogen and oxygen atoms in total. The van der Waals surface area contributed by atoms with E-state index in [1.165, 1.54) is 42.9 Å². The maximum atomic E-state index is 12.5. The van der Waals surface area contributed by atoms with Gasteiger partial charge in [0.05, 0.1) is 12.8 Å². The van der Waals surface area contributed by atoms with Gasteiger partial charge in [-0.15, -0.1) is 0 Å². The van der Waals surface area contributed by atoms with Crippen LogP contribution in [0.5, 0.6) is 5.75 Å². The molecule has 0 unspecified atom stereocenters. The SMILES string of the molecule is CCOC(=O)Oc1ccc(C(=O)Nc2cccc(CNC(=O)c3cnccn3)c2)cc1. The van der Waals surface area contributed by atoms with Gasteiger partial charge in [0.25, 0.3) is 11.8 Å². The second kappa shape index (κ2) is 10.5. The molecule has 0 spiro atoms. The number of hydrogen-bond donors (Lipinski definition) is 2. The van der Waals surface area contributed by atoms with Crippen molar-refractivity contribution in [3.8, 4) is 5.75 Å². The van der Waals surface area contributed by atoms with E-state index in [1.807, 2.05) is 6.07 Å². The zero-order valence-corrected chi connectivity index (χ0v) is 16.7. The Kier molecular flexibility index (Phi) is 7.26. The fourth-order valence-corrected chi connectivity index (χ4v) is 2.57. The van der Waals surface area contributed by atoms with Crippen LogP contribution in [0.25, 0.3) is 0 Å². The van der Waals surface area contributed by atoms with Crippen molar-refractivity contribution in [3.63, 3.8) is 0 Å². The molecular weight excluding hydrogens is 400 g/mol. The lowest BCUT2D eigenvalue weighted by molar-refractivity contribution is 0.0943. The molecule has 0 aliphatic heterocycles. The van der Waals surface area contributed by atoms with Crippen molar-refractivity contribution < 1.29 is 23.9 Å². The van der Waals surface area contributed by atoms with E-state index in [2.05, 4.69) is 20.6 Å². The van der Waals surface area contributed by atoms with Crippen molar-refractivity contribution in [1.29, 1.82) is 0 Å². The van der Waals surface area contributed by atoms with Crippen LogP contribution in [-0.4, -0.2) is 34.5 Å². The summed E-state index contributed by atoms with van der Waals surface area (Å²) in [5.74, 6) is -0.396. The van der Waals surface area contributed by atoms with Crippen LogP contribution in [-0.2, 0) is 11.3 Å². The van der Waals surface area contributed by atoms with E-state index in [9.17, 15) is 14.4 Å². The van der Waals surface area contributed by atoms with Gasteiger partial charge in [0.15, 0.2) is 0 Å². The zero-order valence-electron chi connectivity index (χ0n) is 16.7. The molecule has 2 amide bonds. The Morgan fingerprint density at radius 3 is 2.52 bits per heavy atom. The van der Waals surface area contributed by atoms with Crippen LogP contribution in [0.15, 0.2) is 67.1 Å². The number of amides is 2. The summed E-state index contributed by atoms with van der Waals surface area (Å²) in [5, 5.41) is 5.54. The number of hydrogen-bond acceptors (Lipinski definition) is 7. The summed E-state index contributed by atoms with van der Waals surface area (Å²) in [4.78, 5) is 43.7. The van der Waals surface area contributed by atoms with Crippen LogP contribution in [0.3, 0.4) is 0 Å². The number of rotatable bonds is 7. The van der Waals surface area contributed by atoms with Crippen LogP contribution < -0.4 is 15.4 Å². The number of carbonyl (C=O) groups excluding carboxylic acids is 3. The predicted octanol–water partition coefficient (Wildman–Crippen LogP) is 3.19. The Bertz CT molecular complexity index is 1060. The number of benzene rings is 2. The largest absolute Gasteiger partial charge is 0.513 e. The first-order valence-corrected chi connectivity index (χ1v) is 9.44. The lowest BCUT2D eigenvalue weighted by Gasteiger charge is -2.09. The fourth-order valence-electron chi connectivity index (χ4n) is 2.57. The van der Waals surface area contributed by atoms with Crippen molar-refractivity contribution >= 4 is 23.7 Å². The van der Waals surface area contributed by atoms with Crippen molar-refractivity contribution in [2.45, 2.75) is 13.5 Å². The van der Waals surface area contributed by atoms with E-state index in [-0.39, 0.29) is 36.4 Å². The van der Waals surface area contributed by atoms with Crippen LogP contribution in [0.4, 0.5) is 10.5 Å². The average molecular weight is 420 g/mol. The third kappa shape index (κ3) is 6.36. The Morgan fingerprint density at radius 1 is 1.00 bits per heavy atom. The van der Waals surface area contributed by atoms with Crippen LogP contribution >= 0.6 is 0 Å². The third-order valence-corrected chi connectivity index (χ3v) is 4.01. The number of ether oxygens (including phenoxy) is 2. The van der Waals surface area contributed by atoms with Gasteiger partial charge in [0.1, 0.15) is 11.4 Å². The number of nitrogens with zero attached hydrogens (tertiary/aromatic N) is 2. The Morgan fingerprint density at radius 2 is 1.81 bits per heavy atom. The molecule has 2 aromatic carbocycles. The first-order valence-electron chi connectivity index (χ1n) is 9.44. The topological polar surface area (TPSA) is 120 Å². The molecule has 0 atom stereocenters. The predicted molar refractivity (Wildman–Crippen MR) is 112 cm³/mol. The summed E-state index contributed by atoms with van der Waals surface area (Å²) in [6, 6.07) is 13.2. The van der Waals surface area contributed by atoms with Gasteiger partial charge < -0.3 is 20.1 Å². The molecule has 0 aliphatic rings. The highest BCUT2D eigenvalue weighted by Crippen LogP contribution is 2.16. The Hall–Kier alpha value is -4.27. The van der Waals surface area contributed by atoms with E-state index < -0.39 is 6.16 Å². The van der Waals surface area contributed by atoms with Gasteiger partial charge in [0, 0.05) is 30.2 Å². The molecule has 0 bridgehead atoms. The van der Waals surface area contributed by atoms with Crippen LogP contribution in [0, 0.1) is 0 Å². The molecule has 0 saturated heterocycles. The highest BCUT2D eigenvalue weighted by molar-refractivity contribution is 6.04. The molecule has 1 aromatic heterocycles. The molecular formula is C22H20N4O5. The van der Waals surface area contributed by atoms with E-state index in [4.69, 9.17) is 9.47 Å². The standard InChI is InChI=1S/C22H20N4O5/c1-2-30-22(29)31-18-8-6-16(7-9-18)20(27)26-17-5-3-4-15(12-17)13-25-21(28)19-14-23-10-11-24-19/h3-12,14H,2,13H2,1H3,(H,25,28)(H,26,27). The monoisotopic (exact) mass is 420 g/mol. The maximum absolute atomic E-state index is 12.5. The summed E-state index contributed by atoms with van der Waals surface area (Å²) >= 11 is 0. The molecule has 0 aliphatic carbocycles. The average Bonchev–Trinajstić information content (AvgIpc) is 2.79. The maximum Gasteiger partial charge on any atom is 0.513 e. The minimum atomic E-state index is -0.803. The van der Waals surface area contributed by atoms with Crippen molar-refractivity contribution in [2.24, 2.45) is 0 Å². The van der Waals surface area contributed by atoms with Crippen LogP contribution in [0.2, 0.25) is 0 Å². The minimum Gasteiger partial charge on any atom is -0.434 e. The number of carbonyl (C=O) groups is 3. The fraction of sp³-hybridized carbons (Fsp3) is 0.136. The highest BCUT2D eigenvalue weighted by Gasteiger charge is 2.10. The summed E-state index contributed by atoms with van der Waals surface area (Å²) in [6.45, 7) is 2.15. The smallest absolute Gasteiger partial charge is 0.434 e. The highest BCUT2D eigenvalue weighted by atomic mass is 16.7. The Labute approximate surface area is 178 Å². The molecule has 2 N–H and O–H groups in total. The first kappa shape index (κ1) is 21.4. The summed E-state index contributed by atoms with van der Waals surface area (Å²) in [5.41, 5.74) is 1.98. The van der Waals surface area contributed by atoms with E-state index >= 15 is 0 Å². The number of aromatic nitrogens is 2. The van der Waals surface area contributed by atoms with Crippen molar-refractivity contribution in [3.05, 3.63) is 83.9 Å². The molecule has 31 heavy (non-hydrogen) atoms. The van der Waals surface area contributed by atoms with E-state index in [0.29, 0.717) is 11.3 Å². The number of anilines is 1. The lowest BCUT2D eigenvalue weighted by atomic mass is 10.1. The lowest BCUT2D eigenvalue weighted by Crippen LogP contribution is -2.24. The summed E-state index contributed by atoms with van der Waals surface area (Å²) in [7, 11) is 0. The molecule has 0 saturated carbocycles. The van der Waals surface area contributed by atoms with Gasteiger partial charge in [-0.1, -0.05) is 12.1 Å². The van der Waals surface area contributed by atoms with Gasteiger partial charge in [-0.25, -0.2) is 9.78 Å². The summed E-state index contributed by atoms with van der Waals surface area (Å²) in [6.07, 6.45) is 3.52. The van der Waals surface area contributed by atoms with Gasteiger partial charge in [-0.05, 0) is 48.9 Å². The van der Waals surface area contributed by atoms with Gasteiger partial charge in [0.2, 0.25) is 0 Å². The van der Waals surface area contributed by atoms with E-state index in [0.717, 1.165) is 5.56 Å². The molecule has 3 rings (SSSR count). The second-order valence-electron chi connectivity index (χ2n) is 6.24. The minimum absolute atomic E-state index is 0.211. The molecule has 0 fully saturated rings. The first-order chi connectivity index (χ1) is 15.0. The summed E-state index contributed by atoms with van der Waals surface area (Å²) < 4.78 is 9.67. The second-order valence-corrected chi connectivity index (χ2v) is 6.24. The third-order valence-electron chi connectivity index (χ3n) is 4.01. The van der Waals surface area contributed by atoms with Gasteiger partial charge in [-0.3, -0.25) is 14.6 Å². The normalized spacial score (nSPS) is 10.1. The molecule has 3 aromatic rings. The quantitative estimate of drug-likeness (QED) is 0.445. The van der Waals surface area contributed by atoms with Crippen molar-refractivity contribution in [1.82, 2.24) is 15.3 Å². The molecule has 1 heterocycles. The van der Waals surface area contributed by atoms with Gasteiger partial charge in [-0.2, -0.15) is 0 Å². The van der Waals surface area contributed by atoms with Crippen molar-refractivity contribution in [2.75, 3.05) is 11.9 Å². The number of nitrogens with one attached hydrogen (secondary N) is 2. The molecule has 9 heteroatoms. The van der Waals surface area contributed by atoms with E-state index in [1.54, 1.807) is 25.1 Å². The molecule has 0 radical (unpaired) electrons. The Balaban J connectivity index is 1.57. The zero-order chi connectivity index (χ0) is 22.1. The molecule has 158 valence electrons. The van der Waals surface area contributed by atoms with Gasteiger partial charge >= 0.3 is 6.16 Å².